The lowest BCUT2D eigenvalue weighted by Crippen LogP contribution is -2.47. The van der Waals surface area contributed by atoms with E-state index in [0.29, 0.717) is 18.1 Å². The number of oxazole rings is 1. The van der Waals surface area contributed by atoms with Gasteiger partial charge in [0.2, 0.25) is 0 Å². The van der Waals surface area contributed by atoms with E-state index in [9.17, 15) is 0 Å². The highest BCUT2D eigenvalue weighted by Gasteiger charge is 2.35. The summed E-state index contributed by atoms with van der Waals surface area (Å²) < 4.78 is 5.78. The van der Waals surface area contributed by atoms with Crippen molar-refractivity contribution in [2.75, 3.05) is 18.4 Å². The van der Waals surface area contributed by atoms with E-state index in [2.05, 4.69) is 15.2 Å². The Kier molecular flexibility index (Phi) is 4.58. The van der Waals surface area contributed by atoms with Crippen molar-refractivity contribution < 1.29 is 14.3 Å². The first-order valence-electron chi connectivity index (χ1n) is 7.76. The highest BCUT2D eigenvalue weighted by Crippen LogP contribution is 2.29. The minimum atomic E-state index is -0.250. The smallest absolute Gasteiger partial charge is 0.295 e. The number of nitrogens with zero attached hydrogens (tertiary/aromatic N) is 2. The van der Waals surface area contributed by atoms with Gasteiger partial charge in [-0.25, -0.2) is 0 Å². The molecule has 2 aliphatic rings. The van der Waals surface area contributed by atoms with Gasteiger partial charge in [-0.15, -0.1) is 0 Å². The number of nitrogens with one attached hydrogen (secondary N) is 1. The fourth-order valence-corrected chi connectivity index (χ4v) is 3.55. The zero-order valence-corrected chi connectivity index (χ0v) is 12.4. The monoisotopic (exact) mass is 303 g/mol. The van der Waals surface area contributed by atoms with Crippen LogP contribution in [0, 0.1) is 0 Å². The van der Waals surface area contributed by atoms with Crippen LogP contribution >= 0.6 is 0 Å². The van der Waals surface area contributed by atoms with Crippen molar-refractivity contribution in [3.05, 3.63) is 24.3 Å². The first-order chi connectivity index (χ1) is 10.8. The van der Waals surface area contributed by atoms with E-state index in [1.54, 1.807) is 0 Å². The van der Waals surface area contributed by atoms with Gasteiger partial charge in [-0.3, -0.25) is 9.69 Å². The maximum absolute atomic E-state index is 8.36. The fourth-order valence-electron chi connectivity index (χ4n) is 3.55. The standard InChI is InChI=1S/C15H19N3O.CH2O2/c1-2-8-14-12(5-1)17-15(19-14)16-11-6-3-9-18-10-4-7-13(11)18;2-1-3/h1-2,5,8,11,13H,3-4,6-7,9-10H2,(H,16,17);1H,(H,2,3)/t11-,13-;/m0./s1. The molecule has 0 unspecified atom stereocenters. The van der Waals surface area contributed by atoms with Gasteiger partial charge in [0.25, 0.3) is 12.5 Å². The fraction of sp³-hybridized carbons (Fsp3) is 0.500. The first kappa shape index (κ1) is 14.8. The zero-order chi connectivity index (χ0) is 15.4. The van der Waals surface area contributed by atoms with Gasteiger partial charge in [0.05, 0.1) is 0 Å². The molecule has 6 heteroatoms. The lowest BCUT2D eigenvalue weighted by molar-refractivity contribution is -0.122. The minimum absolute atomic E-state index is 0.250. The summed E-state index contributed by atoms with van der Waals surface area (Å²) >= 11 is 0. The molecule has 0 radical (unpaired) electrons. The Balaban J connectivity index is 0.000000446. The molecule has 0 amide bonds. The average Bonchev–Trinajstić information content (AvgIpc) is 3.14. The van der Waals surface area contributed by atoms with E-state index < -0.39 is 0 Å². The van der Waals surface area contributed by atoms with Gasteiger partial charge in [-0.2, -0.15) is 4.98 Å². The molecule has 0 bridgehead atoms. The Hall–Kier alpha value is -2.08. The number of para-hydroxylation sites is 2. The van der Waals surface area contributed by atoms with Crippen LogP contribution in [0.2, 0.25) is 0 Å². The van der Waals surface area contributed by atoms with Crippen molar-refractivity contribution in [1.82, 2.24) is 9.88 Å². The summed E-state index contributed by atoms with van der Waals surface area (Å²) in [5.41, 5.74) is 1.80. The maximum atomic E-state index is 8.36. The number of hydrogen-bond acceptors (Lipinski definition) is 5. The molecule has 0 saturated carbocycles. The second-order valence-corrected chi connectivity index (χ2v) is 5.73. The molecule has 1 aromatic heterocycles. The SMILES string of the molecule is O=CO.c1ccc2oc(N[C@H]3CCCN4CCC[C@@H]34)nc2c1. The lowest BCUT2D eigenvalue weighted by Gasteiger charge is -2.36. The summed E-state index contributed by atoms with van der Waals surface area (Å²) in [7, 11) is 0. The van der Waals surface area contributed by atoms with Crippen LogP contribution in [-0.4, -0.2) is 46.6 Å². The Labute approximate surface area is 129 Å². The van der Waals surface area contributed by atoms with Crippen molar-refractivity contribution in [3.63, 3.8) is 0 Å². The number of carbonyl (C=O) groups is 1. The van der Waals surface area contributed by atoms with E-state index in [4.69, 9.17) is 14.3 Å². The van der Waals surface area contributed by atoms with E-state index in [0.717, 1.165) is 11.1 Å². The molecule has 2 aromatic rings. The quantitative estimate of drug-likeness (QED) is 0.830. The van der Waals surface area contributed by atoms with E-state index in [1.807, 2.05) is 24.3 Å². The molecule has 118 valence electrons. The van der Waals surface area contributed by atoms with Crippen LogP contribution in [0.25, 0.3) is 11.1 Å². The van der Waals surface area contributed by atoms with Crippen molar-refractivity contribution in [2.45, 2.75) is 37.8 Å². The summed E-state index contributed by atoms with van der Waals surface area (Å²) in [4.78, 5) is 15.5. The van der Waals surface area contributed by atoms with Crippen LogP contribution in [0.3, 0.4) is 0 Å². The number of piperidine rings is 1. The molecule has 2 atom stereocenters. The van der Waals surface area contributed by atoms with Crippen molar-refractivity contribution in [1.29, 1.82) is 0 Å². The predicted molar refractivity (Wildman–Crippen MR) is 83.9 cm³/mol. The Morgan fingerprint density at radius 3 is 2.77 bits per heavy atom. The molecule has 2 aliphatic heterocycles. The highest BCUT2D eigenvalue weighted by atomic mass is 16.4. The van der Waals surface area contributed by atoms with Gasteiger partial charge in [0.1, 0.15) is 5.52 Å². The zero-order valence-electron chi connectivity index (χ0n) is 12.4. The number of fused-ring (bicyclic) bond motifs is 2. The van der Waals surface area contributed by atoms with Gasteiger partial charge < -0.3 is 14.8 Å². The summed E-state index contributed by atoms with van der Waals surface area (Å²) in [6.45, 7) is 2.27. The normalized spacial score (nSPS) is 24.4. The van der Waals surface area contributed by atoms with E-state index in [1.165, 1.54) is 38.8 Å². The largest absolute Gasteiger partial charge is 0.483 e. The van der Waals surface area contributed by atoms with Crippen LogP contribution in [-0.2, 0) is 4.79 Å². The number of hydrogen-bond donors (Lipinski definition) is 2. The molecule has 0 spiro atoms. The number of benzene rings is 1. The van der Waals surface area contributed by atoms with E-state index in [-0.39, 0.29) is 6.47 Å². The third kappa shape index (κ3) is 3.06. The molecule has 0 aliphatic carbocycles. The predicted octanol–water partition coefficient (Wildman–Crippen LogP) is 2.57. The number of aromatic nitrogens is 1. The topological polar surface area (TPSA) is 78.6 Å². The number of carboxylic acid groups (broad SMARTS) is 1. The summed E-state index contributed by atoms with van der Waals surface area (Å²) in [5, 5.41) is 10.4. The van der Waals surface area contributed by atoms with Crippen LogP contribution in [0.5, 0.6) is 0 Å². The maximum Gasteiger partial charge on any atom is 0.295 e. The van der Waals surface area contributed by atoms with Crippen molar-refractivity contribution >= 4 is 23.6 Å². The molecule has 2 fully saturated rings. The molecular weight excluding hydrogens is 282 g/mol. The molecule has 3 heterocycles. The van der Waals surface area contributed by atoms with Crippen LogP contribution in [0.4, 0.5) is 6.01 Å². The molecule has 2 saturated heterocycles. The molecule has 4 rings (SSSR count). The van der Waals surface area contributed by atoms with E-state index >= 15 is 0 Å². The lowest BCUT2D eigenvalue weighted by atomic mass is 9.97. The summed E-state index contributed by atoms with van der Waals surface area (Å²) in [6, 6.07) is 9.78. The first-order valence-corrected chi connectivity index (χ1v) is 7.76. The Bertz CT molecular complexity index is 595. The van der Waals surface area contributed by atoms with Gasteiger partial charge in [-0.05, 0) is 50.9 Å². The second kappa shape index (κ2) is 6.79. The van der Waals surface area contributed by atoms with Crippen LogP contribution < -0.4 is 5.32 Å². The Morgan fingerprint density at radius 1 is 1.27 bits per heavy atom. The molecule has 1 aromatic carbocycles. The summed E-state index contributed by atoms with van der Waals surface area (Å²) in [5.74, 6) is 0. The third-order valence-corrected chi connectivity index (χ3v) is 4.44. The van der Waals surface area contributed by atoms with Gasteiger partial charge in [-0.1, -0.05) is 12.1 Å². The Morgan fingerprint density at radius 2 is 2.00 bits per heavy atom. The average molecular weight is 303 g/mol. The number of anilines is 1. The van der Waals surface area contributed by atoms with Crippen molar-refractivity contribution in [2.24, 2.45) is 0 Å². The van der Waals surface area contributed by atoms with Gasteiger partial charge >= 0.3 is 0 Å². The van der Waals surface area contributed by atoms with Crippen molar-refractivity contribution in [3.8, 4) is 0 Å². The van der Waals surface area contributed by atoms with Gasteiger partial charge in [0.15, 0.2) is 5.58 Å². The van der Waals surface area contributed by atoms with Gasteiger partial charge in [0, 0.05) is 12.1 Å². The van der Waals surface area contributed by atoms with Crippen LogP contribution in [0.15, 0.2) is 28.7 Å². The highest BCUT2D eigenvalue weighted by molar-refractivity contribution is 5.74. The molecule has 2 N–H and O–H groups in total. The molecular formula is C16H21N3O3. The summed E-state index contributed by atoms with van der Waals surface area (Å²) in [6.07, 6.45) is 5.13. The minimum Gasteiger partial charge on any atom is -0.483 e. The molecule has 22 heavy (non-hydrogen) atoms. The third-order valence-electron chi connectivity index (χ3n) is 4.44. The van der Waals surface area contributed by atoms with Crippen LogP contribution in [0.1, 0.15) is 25.7 Å². The second-order valence-electron chi connectivity index (χ2n) is 5.73. The molecule has 6 nitrogen and oxygen atoms in total. The number of rotatable bonds is 2.